The Balaban J connectivity index is 3.27. The van der Waals surface area contributed by atoms with Crippen molar-refractivity contribution in [2.24, 2.45) is 11.8 Å². The molecule has 0 aliphatic heterocycles. The highest BCUT2D eigenvalue weighted by atomic mass is 16.6. The van der Waals surface area contributed by atoms with Crippen LogP contribution in [0.4, 0.5) is 0 Å². The summed E-state index contributed by atoms with van der Waals surface area (Å²) in [5.74, 6) is 0.445. The minimum absolute atomic E-state index is 0.170. The molecule has 0 aromatic heterocycles. The SMILES string of the molecule is CCCCC(CC)COC(=O)C(=Cc1cc(OC)c(OC)cc1OC)C(=O)OCC(CC)CCCC. The molecule has 1 aromatic carbocycles. The number of carbonyl (C=O) groups is 2. The van der Waals surface area contributed by atoms with E-state index < -0.39 is 11.9 Å². The van der Waals surface area contributed by atoms with Gasteiger partial charge in [0.25, 0.3) is 0 Å². The molecule has 0 saturated carbocycles. The lowest BCUT2D eigenvalue weighted by atomic mass is 10.0. The van der Waals surface area contributed by atoms with Crippen molar-refractivity contribution in [3.05, 3.63) is 23.3 Å². The molecule has 0 fully saturated rings. The minimum Gasteiger partial charge on any atom is -0.496 e. The van der Waals surface area contributed by atoms with Gasteiger partial charge in [-0.15, -0.1) is 0 Å². The van der Waals surface area contributed by atoms with Crippen LogP contribution < -0.4 is 14.2 Å². The van der Waals surface area contributed by atoms with Gasteiger partial charge in [0.1, 0.15) is 11.3 Å². The van der Waals surface area contributed by atoms with E-state index in [1.54, 1.807) is 12.1 Å². The van der Waals surface area contributed by atoms with E-state index in [1.165, 1.54) is 27.4 Å². The maximum absolute atomic E-state index is 13.2. The zero-order chi connectivity index (χ0) is 26.9. The Morgan fingerprint density at radius 1 is 0.722 bits per heavy atom. The molecule has 0 radical (unpaired) electrons. The summed E-state index contributed by atoms with van der Waals surface area (Å²) in [6.07, 6.45) is 9.50. The fourth-order valence-corrected chi connectivity index (χ4v) is 3.86. The van der Waals surface area contributed by atoms with Crippen LogP contribution in [0, 0.1) is 11.8 Å². The van der Waals surface area contributed by atoms with Crippen LogP contribution in [0.15, 0.2) is 17.7 Å². The number of benzene rings is 1. The van der Waals surface area contributed by atoms with Crippen molar-refractivity contribution in [2.75, 3.05) is 34.5 Å². The van der Waals surface area contributed by atoms with Crippen molar-refractivity contribution in [3.8, 4) is 17.2 Å². The smallest absolute Gasteiger partial charge is 0.345 e. The molecule has 0 aliphatic rings. The predicted octanol–water partition coefficient (Wildman–Crippen LogP) is 6.62. The van der Waals surface area contributed by atoms with Gasteiger partial charge in [0.2, 0.25) is 0 Å². The summed E-state index contributed by atoms with van der Waals surface area (Å²) in [7, 11) is 4.55. The first-order valence-corrected chi connectivity index (χ1v) is 13.2. The number of methoxy groups -OCH3 is 3. The molecule has 2 unspecified atom stereocenters. The van der Waals surface area contributed by atoms with Crippen LogP contribution in [0.1, 0.15) is 84.6 Å². The van der Waals surface area contributed by atoms with E-state index in [9.17, 15) is 9.59 Å². The van der Waals surface area contributed by atoms with Crippen molar-refractivity contribution < 1.29 is 33.3 Å². The molecule has 7 nitrogen and oxygen atoms in total. The van der Waals surface area contributed by atoms with Crippen LogP contribution in [-0.4, -0.2) is 46.5 Å². The molecule has 0 N–H and O–H groups in total. The van der Waals surface area contributed by atoms with Gasteiger partial charge in [-0.2, -0.15) is 0 Å². The molecule has 1 rings (SSSR count). The van der Waals surface area contributed by atoms with Gasteiger partial charge in [0.15, 0.2) is 11.5 Å². The number of ether oxygens (including phenoxy) is 5. The monoisotopic (exact) mass is 506 g/mol. The van der Waals surface area contributed by atoms with E-state index in [0.717, 1.165) is 51.4 Å². The third-order valence-corrected chi connectivity index (χ3v) is 6.46. The lowest BCUT2D eigenvalue weighted by molar-refractivity contribution is -0.148. The second kappa shape index (κ2) is 17.7. The van der Waals surface area contributed by atoms with Crippen LogP contribution in [0.25, 0.3) is 6.08 Å². The number of esters is 2. The summed E-state index contributed by atoms with van der Waals surface area (Å²) >= 11 is 0. The van der Waals surface area contributed by atoms with Gasteiger partial charge in [-0.1, -0.05) is 66.2 Å². The van der Waals surface area contributed by atoms with Gasteiger partial charge in [-0.25, -0.2) is 9.59 Å². The van der Waals surface area contributed by atoms with Crippen molar-refractivity contribution in [1.29, 1.82) is 0 Å². The van der Waals surface area contributed by atoms with E-state index in [1.807, 2.05) is 0 Å². The molecule has 0 aliphatic carbocycles. The highest BCUT2D eigenvalue weighted by Crippen LogP contribution is 2.36. The molecular formula is C29H46O7. The molecule has 36 heavy (non-hydrogen) atoms. The van der Waals surface area contributed by atoms with E-state index in [4.69, 9.17) is 23.7 Å². The average Bonchev–Trinajstić information content (AvgIpc) is 2.90. The van der Waals surface area contributed by atoms with Gasteiger partial charge in [0, 0.05) is 11.6 Å². The zero-order valence-corrected chi connectivity index (χ0v) is 23.3. The lowest BCUT2D eigenvalue weighted by Gasteiger charge is -2.17. The molecule has 0 heterocycles. The van der Waals surface area contributed by atoms with E-state index in [-0.39, 0.29) is 30.6 Å². The topological polar surface area (TPSA) is 80.3 Å². The zero-order valence-electron chi connectivity index (χ0n) is 23.3. The first-order valence-electron chi connectivity index (χ1n) is 13.2. The lowest BCUT2D eigenvalue weighted by Crippen LogP contribution is -2.23. The number of hydrogen-bond acceptors (Lipinski definition) is 7. The quantitative estimate of drug-likeness (QED) is 0.0958. The first kappa shape index (κ1) is 31.3. The summed E-state index contributed by atoms with van der Waals surface area (Å²) in [5, 5.41) is 0. The second-order valence-electron chi connectivity index (χ2n) is 9.04. The third-order valence-electron chi connectivity index (χ3n) is 6.46. The maximum atomic E-state index is 13.2. The number of carbonyl (C=O) groups excluding carboxylic acids is 2. The fourth-order valence-electron chi connectivity index (χ4n) is 3.86. The van der Waals surface area contributed by atoms with E-state index in [0.29, 0.717) is 22.8 Å². The van der Waals surface area contributed by atoms with Crippen molar-refractivity contribution in [3.63, 3.8) is 0 Å². The summed E-state index contributed by atoms with van der Waals surface area (Å²) in [6, 6.07) is 3.30. The van der Waals surface area contributed by atoms with Crippen LogP contribution in [-0.2, 0) is 19.1 Å². The van der Waals surface area contributed by atoms with Gasteiger partial charge in [-0.05, 0) is 36.8 Å². The van der Waals surface area contributed by atoms with Crippen LogP contribution in [0.5, 0.6) is 17.2 Å². The van der Waals surface area contributed by atoms with Gasteiger partial charge < -0.3 is 23.7 Å². The summed E-state index contributed by atoms with van der Waals surface area (Å²) in [5.41, 5.74) is 0.311. The average molecular weight is 507 g/mol. The van der Waals surface area contributed by atoms with Crippen molar-refractivity contribution in [1.82, 2.24) is 0 Å². The molecular weight excluding hydrogens is 460 g/mol. The second-order valence-corrected chi connectivity index (χ2v) is 9.04. The highest BCUT2D eigenvalue weighted by Gasteiger charge is 2.25. The standard InChI is InChI=1S/C29H46O7/c1-8-12-14-21(10-3)19-35-28(30)24(29(31)36-20-22(11-4)15-13-9-2)16-23-17-26(33-6)27(34-7)18-25(23)32-5/h16-18,21-22H,8-15,19-20H2,1-7H3. The summed E-state index contributed by atoms with van der Waals surface area (Å²) in [4.78, 5) is 26.3. The van der Waals surface area contributed by atoms with Crippen LogP contribution in [0.3, 0.4) is 0 Å². The normalized spacial score (nSPS) is 12.3. The maximum Gasteiger partial charge on any atom is 0.345 e. The number of hydrogen-bond donors (Lipinski definition) is 0. The highest BCUT2D eigenvalue weighted by molar-refractivity contribution is 6.17. The molecule has 7 heteroatoms. The number of unbranched alkanes of at least 4 members (excludes halogenated alkanes) is 2. The molecule has 0 saturated heterocycles. The van der Waals surface area contributed by atoms with E-state index in [2.05, 4.69) is 27.7 Å². The Bertz CT molecular complexity index is 797. The fraction of sp³-hybridized carbons (Fsp3) is 0.655. The van der Waals surface area contributed by atoms with Crippen LogP contribution >= 0.6 is 0 Å². The molecule has 2 atom stereocenters. The van der Waals surface area contributed by atoms with Crippen LogP contribution in [0.2, 0.25) is 0 Å². The van der Waals surface area contributed by atoms with Gasteiger partial charge in [-0.3, -0.25) is 0 Å². The first-order chi connectivity index (χ1) is 17.4. The predicted molar refractivity (Wildman–Crippen MR) is 143 cm³/mol. The van der Waals surface area contributed by atoms with Crippen molar-refractivity contribution in [2.45, 2.75) is 79.1 Å². The molecule has 204 valence electrons. The van der Waals surface area contributed by atoms with E-state index >= 15 is 0 Å². The third kappa shape index (κ3) is 10.1. The Hall–Kier alpha value is -2.70. The number of rotatable bonds is 18. The van der Waals surface area contributed by atoms with Gasteiger partial charge >= 0.3 is 11.9 Å². The minimum atomic E-state index is -0.701. The molecule has 0 amide bonds. The Labute approximate surface area is 217 Å². The Morgan fingerprint density at radius 3 is 1.56 bits per heavy atom. The van der Waals surface area contributed by atoms with Gasteiger partial charge in [0.05, 0.1) is 34.5 Å². The molecule has 1 aromatic rings. The summed E-state index contributed by atoms with van der Waals surface area (Å²) < 4.78 is 27.5. The summed E-state index contributed by atoms with van der Waals surface area (Å²) in [6.45, 7) is 8.95. The van der Waals surface area contributed by atoms with Crippen molar-refractivity contribution >= 4 is 18.0 Å². The largest absolute Gasteiger partial charge is 0.496 e. The molecule has 0 bridgehead atoms. The Kier molecular flexibility index (Phi) is 15.4. The molecule has 0 spiro atoms. The Morgan fingerprint density at radius 2 is 1.17 bits per heavy atom.